The highest BCUT2D eigenvalue weighted by Crippen LogP contribution is 2.51. The van der Waals surface area contributed by atoms with Gasteiger partial charge >= 0.3 is 5.97 Å². The van der Waals surface area contributed by atoms with E-state index in [4.69, 9.17) is 0 Å². The zero-order valence-electron chi connectivity index (χ0n) is 21.5. The van der Waals surface area contributed by atoms with Gasteiger partial charge in [0.2, 0.25) is 11.8 Å². The standard InChI is InChI=1S/C29H28N4O6/c1-3-18-8-7-9-19(4-2)25(18)32-26(34)22-23(27(32)35)29(28(36)37,31-24(22)21-10-5-6-15-30-21)16-17-11-13-20(14-12-17)33(38)39/h5-15,22-24,31H,3-4,16H2,1-2H3,(H,36,37). The molecular formula is C29H28N4O6. The molecule has 2 aliphatic rings. The summed E-state index contributed by atoms with van der Waals surface area (Å²) in [5, 5.41) is 24.9. The molecule has 4 unspecified atom stereocenters. The number of carboxylic acids is 1. The molecule has 4 atom stereocenters. The zero-order chi connectivity index (χ0) is 27.9. The maximum Gasteiger partial charge on any atom is 0.325 e. The number of benzene rings is 2. The number of fused-ring (bicyclic) bond motifs is 1. The third-order valence-corrected chi connectivity index (χ3v) is 7.86. The van der Waals surface area contributed by atoms with E-state index in [-0.39, 0.29) is 12.1 Å². The Labute approximate surface area is 224 Å². The lowest BCUT2D eigenvalue weighted by Crippen LogP contribution is -2.57. The van der Waals surface area contributed by atoms with Gasteiger partial charge in [-0.05, 0) is 41.7 Å². The number of nitrogens with one attached hydrogen (secondary N) is 1. The van der Waals surface area contributed by atoms with Crippen LogP contribution in [0.1, 0.15) is 42.3 Å². The van der Waals surface area contributed by atoms with Crippen LogP contribution in [0, 0.1) is 22.0 Å². The average molecular weight is 529 g/mol. The number of rotatable bonds is 8. The van der Waals surface area contributed by atoms with E-state index >= 15 is 0 Å². The minimum Gasteiger partial charge on any atom is -0.480 e. The van der Waals surface area contributed by atoms with Crippen molar-refractivity contribution in [3.8, 4) is 0 Å². The Morgan fingerprint density at radius 3 is 2.23 bits per heavy atom. The predicted molar refractivity (Wildman–Crippen MR) is 142 cm³/mol. The van der Waals surface area contributed by atoms with Crippen LogP contribution in [0.25, 0.3) is 0 Å². The highest BCUT2D eigenvalue weighted by Gasteiger charge is 2.69. The first-order valence-electron chi connectivity index (χ1n) is 12.9. The number of amides is 2. The van der Waals surface area contributed by atoms with Crippen molar-refractivity contribution in [2.24, 2.45) is 11.8 Å². The van der Waals surface area contributed by atoms with Crippen LogP contribution in [0.5, 0.6) is 0 Å². The van der Waals surface area contributed by atoms with Crippen molar-refractivity contribution in [2.45, 2.75) is 44.7 Å². The number of imide groups is 1. The third-order valence-electron chi connectivity index (χ3n) is 7.86. The summed E-state index contributed by atoms with van der Waals surface area (Å²) in [6, 6.07) is 15.5. The highest BCUT2D eigenvalue weighted by molar-refractivity contribution is 6.25. The number of non-ortho nitro benzene ring substituents is 1. The van der Waals surface area contributed by atoms with Crippen LogP contribution >= 0.6 is 0 Å². The SMILES string of the molecule is CCc1cccc(CC)c1N1C(=O)C2C(c3ccccn3)NC(Cc3ccc([N+](=O)[O-])cc3)(C(=O)O)C2C1=O. The molecule has 3 heterocycles. The molecule has 0 saturated carbocycles. The molecule has 5 rings (SSSR count). The first kappa shape index (κ1) is 26.2. The summed E-state index contributed by atoms with van der Waals surface area (Å²) < 4.78 is 0. The fourth-order valence-electron chi connectivity index (χ4n) is 6.03. The van der Waals surface area contributed by atoms with E-state index in [0.29, 0.717) is 29.8 Å². The summed E-state index contributed by atoms with van der Waals surface area (Å²) in [6.45, 7) is 3.89. The molecule has 3 aromatic rings. The number of para-hydroxylation sites is 1. The van der Waals surface area contributed by atoms with Crippen molar-refractivity contribution in [3.05, 3.63) is 99.4 Å². The third kappa shape index (κ3) is 4.17. The summed E-state index contributed by atoms with van der Waals surface area (Å²) in [5.41, 5.74) is 1.15. The van der Waals surface area contributed by atoms with Gasteiger partial charge in [0.25, 0.3) is 5.69 Å². The fraction of sp³-hybridized carbons (Fsp3) is 0.310. The molecule has 1 aromatic heterocycles. The molecule has 2 fully saturated rings. The van der Waals surface area contributed by atoms with Crippen molar-refractivity contribution >= 4 is 29.2 Å². The Hall–Kier alpha value is -4.44. The number of hydrogen-bond acceptors (Lipinski definition) is 7. The Kier molecular flexibility index (Phi) is 6.73. The number of aromatic nitrogens is 1. The van der Waals surface area contributed by atoms with Crippen molar-refractivity contribution in [1.29, 1.82) is 0 Å². The van der Waals surface area contributed by atoms with Crippen LogP contribution in [0.3, 0.4) is 0 Å². The number of anilines is 1. The lowest BCUT2D eigenvalue weighted by molar-refractivity contribution is -0.384. The molecule has 10 nitrogen and oxygen atoms in total. The fourth-order valence-corrected chi connectivity index (χ4v) is 6.03. The van der Waals surface area contributed by atoms with Gasteiger partial charge in [-0.15, -0.1) is 0 Å². The monoisotopic (exact) mass is 528 g/mol. The smallest absolute Gasteiger partial charge is 0.325 e. The molecule has 2 aromatic carbocycles. The number of nitro groups is 1. The van der Waals surface area contributed by atoms with Crippen molar-refractivity contribution in [1.82, 2.24) is 10.3 Å². The van der Waals surface area contributed by atoms with Gasteiger partial charge in [-0.25, -0.2) is 4.90 Å². The maximum absolute atomic E-state index is 14.3. The number of pyridine rings is 1. The van der Waals surface area contributed by atoms with Crippen molar-refractivity contribution < 1.29 is 24.4 Å². The summed E-state index contributed by atoms with van der Waals surface area (Å²) in [5.74, 6) is -4.54. The van der Waals surface area contributed by atoms with E-state index in [1.54, 1.807) is 24.4 Å². The van der Waals surface area contributed by atoms with Gasteiger partial charge in [0.15, 0.2) is 0 Å². The van der Waals surface area contributed by atoms with E-state index in [9.17, 15) is 29.6 Å². The maximum atomic E-state index is 14.3. The predicted octanol–water partition coefficient (Wildman–Crippen LogP) is 3.63. The molecule has 2 aliphatic heterocycles. The van der Waals surface area contributed by atoms with E-state index in [0.717, 1.165) is 11.1 Å². The van der Waals surface area contributed by atoms with E-state index < -0.39 is 46.1 Å². The molecule has 10 heteroatoms. The number of aliphatic carboxylic acids is 1. The number of hydrogen-bond donors (Lipinski definition) is 2. The Morgan fingerprint density at radius 2 is 1.69 bits per heavy atom. The molecule has 0 aliphatic carbocycles. The molecule has 0 bridgehead atoms. The average Bonchev–Trinajstić information content (AvgIpc) is 3.42. The Balaban J connectivity index is 1.67. The molecule has 0 radical (unpaired) electrons. The molecule has 2 saturated heterocycles. The number of carbonyl (C=O) groups excluding carboxylic acids is 2. The van der Waals surface area contributed by atoms with Gasteiger partial charge < -0.3 is 5.11 Å². The number of nitro benzene ring substituents is 1. The van der Waals surface area contributed by atoms with Crippen molar-refractivity contribution in [3.63, 3.8) is 0 Å². The summed E-state index contributed by atoms with van der Waals surface area (Å²) >= 11 is 0. The highest BCUT2D eigenvalue weighted by atomic mass is 16.6. The molecule has 0 spiro atoms. The van der Waals surface area contributed by atoms with Crippen LogP contribution < -0.4 is 10.2 Å². The second-order valence-corrected chi connectivity index (χ2v) is 9.90. The number of carbonyl (C=O) groups is 3. The molecular weight excluding hydrogens is 500 g/mol. The van der Waals surface area contributed by atoms with Crippen LogP contribution in [0.2, 0.25) is 0 Å². The topological polar surface area (TPSA) is 143 Å². The molecule has 2 amide bonds. The lowest BCUT2D eigenvalue weighted by Gasteiger charge is -2.32. The molecule has 39 heavy (non-hydrogen) atoms. The number of carboxylic acid groups (broad SMARTS) is 1. The van der Waals surface area contributed by atoms with Crippen LogP contribution in [-0.4, -0.2) is 38.3 Å². The van der Waals surface area contributed by atoms with Crippen molar-refractivity contribution in [2.75, 3.05) is 4.90 Å². The lowest BCUT2D eigenvalue weighted by atomic mass is 9.76. The van der Waals surface area contributed by atoms with Gasteiger partial charge in [0.1, 0.15) is 5.54 Å². The van der Waals surface area contributed by atoms with Gasteiger partial charge in [0.05, 0.1) is 34.2 Å². The molecule has 200 valence electrons. The second-order valence-electron chi connectivity index (χ2n) is 9.90. The Morgan fingerprint density at radius 1 is 1.03 bits per heavy atom. The van der Waals surface area contributed by atoms with Gasteiger partial charge in [-0.2, -0.15) is 0 Å². The zero-order valence-corrected chi connectivity index (χ0v) is 21.5. The molecule has 2 N–H and O–H groups in total. The summed E-state index contributed by atoms with van der Waals surface area (Å²) in [7, 11) is 0. The van der Waals surface area contributed by atoms with Crippen LogP contribution in [-0.2, 0) is 33.6 Å². The largest absolute Gasteiger partial charge is 0.480 e. The number of nitrogens with zero attached hydrogens (tertiary/aromatic N) is 3. The normalized spacial score (nSPS) is 24.2. The second kappa shape index (κ2) is 10.0. The summed E-state index contributed by atoms with van der Waals surface area (Å²) in [6.07, 6.45) is 2.58. The summed E-state index contributed by atoms with van der Waals surface area (Å²) in [4.78, 5) is 57.7. The number of aryl methyl sites for hydroxylation is 2. The van der Waals surface area contributed by atoms with Gasteiger partial charge in [-0.3, -0.25) is 34.8 Å². The minimum atomic E-state index is -1.85. The van der Waals surface area contributed by atoms with Crippen LogP contribution in [0.4, 0.5) is 11.4 Å². The first-order chi connectivity index (χ1) is 18.7. The van der Waals surface area contributed by atoms with E-state index in [1.807, 2.05) is 32.0 Å². The van der Waals surface area contributed by atoms with E-state index in [2.05, 4.69) is 10.3 Å². The first-order valence-corrected chi connectivity index (χ1v) is 12.9. The Bertz CT molecular complexity index is 1440. The van der Waals surface area contributed by atoms with Gasteiger partial charge in [-0.1, -0.05) is 50.2 Å². The van der Waals surface area contributed by atoms with Crippen LogP contribution in [0.15, 0.2) is 66.9 Å². The minimum absolute atomic E-state index is 0.131. The quantitative estimate of drug-likeness (QED) is 0.256. The van der Waals surface area contributed by atoms with E-state index in [1.165, 1.54) is 29.2 Å². The van der Waals surface area contributed by atoms with Gasteiger partial charge in [0, 0.05) is 24.8 Å².